The summed E-state index contributed by atoms with van der Waals surface area (Å²) >= 11 is 5.93. The van der Waals surface area contributed by atoms with E-state index in [1.54, 1.807) is 24.1 Å². The topological polar surface area (TPSA) is 68.5 Å². The molecule has 1 aromatic heterocycles. The lowest BCUT2D eigenvalue weighted by Gasteiger charge is -2.20. The summed E-state index contributed by atoms with van der Waals surface area (Å²) in [4.78, 5) is 17.7. The summed E-state index contributed by atoms with van der Waals surface area (Å²) in [5.41, 5.74) is 5.73. The Morgan fingerprint density at radius 3 is 2.88 bits per heavy atom. The highest BCUT2D eigenvalue weighted by Gasteiger charge is 2.18. The predicted molar refractivity (Wildman–Crippen MR) is 67.1 cm³/mol. The Bertz CT molecular complexity index is 398. The van der Waals surface area contributed by atoms with Crippen molar-refractivity contribution in [2.45, 2.75) is 6.92 Å². The lowest BCUT2D eigenvalue weighted by Crippen LogP contribution is -2.34. The van der Waals surface area contributed by atoms with Crippen LogP contribution in [0.5, 0.6) is 0 Å². The monoisotopic (exact) mass is 257 g/mol. The van der Waals surface area contributed by atoms with E-state index in [1.807, 2.05) is 6.92 Å². The Morgan fingerprint density at radius 1 is 1.59 bits per heavy atom. The van der Waals surface area contributed by atoms with Crippen LogP contribution in [0.15, 0.2) is 12.1 Å². The number of aromatic nitrogens is 1. The minimum absolute atomic E-state index is 0.185. The molecular formula is C11H16ClN3O2. The van der Waals surface area contributed by atoms with Crippen molar-refractivity contribution < 1.29 is 9.53 Å². The molecule has 0 radical (unpaired) electrons. The Kier molecular flexibility index (Phi) is 5.18. The standard InChI is InChI=1S/C11H16ClN3O2/c1-3-15(6-7-17-2)11(16)10-8(12)4-5-9(13)14-10/h4-5H,3,6-7H2,1-2H3,(H2,13,14). The van der Waals surface area contributed by atoms with Crippen LogP contribution in [0.2, 0.25) is 5.02 Å². The smallest absolute Gasteiger partial charge is 0.274 e. The number of halogens is 1. The summed E-state index contributed by atoms with van der Waals surface area (Å²) < 4.78 is 4.94. The number of carbonyl (C=O) groups is 1. The number of nitrogens with two attached hydrogens (primary N) is 1. The Balaban J connectivity index is 2.89. The molecule has 1 amide bonds. The number of hydrogen-bond acceptors (Lipinski definition) is 4. The molecule has 0 bridgehead atoms. The molecule has 0 saturated carbocycles. The quantitative estimate of drug-likeness (QED) is 0.866. The molecule has 5 nitrogen and oxygen atoms in total. The van der Waals surface area contributed by atoms with E-state index in [9.17, 15) is 4.79 Å². The van der Waals surface area contributed by atoms with Crippen molar-refractivity contribution >= 4 is 23.3 Å². The zero-order valence-corrected chi connectivity index (χ0v) is 10.7. The number of amides is 1. The first-order valence-corrected chi connectivity index (χ1v) is 5.68. The second-order valence-corrected chi connectivity index (χ2v) is 3.85. The SMILES string of the molecule is CCN(CCOC)C(=O)c1nc(N)ccc1Cl. The van der Waals surface area contributed by atoms with Crippen LogP contribution >= 0.6 is 11.6 Å². The Labute approximate surface area is 106 Å². The van der Waals surface area contributed by atoms with Crippen LogP contribution in [-0.4, -0.2) is 42.6 Å². The zero-order chi connectivity index (χ0) is 12.8. The average molecular weight is 258 g/mol. The maximum absolute atomic E-state index is 12.1. The number of nitrogen functional groups attached to an aromatic ring is 1. The summed E-state index contributed by atoms with van der Waals surface area (Å²) in [6, 6.07) is 3.13. The summed E-state index contributed by atoms with van der Waals surface area (Å²) in [6.45, 7) is 3.42. The van der Waals surface area contributed by atoms with Gasteiger partial charge in [-0.05, 0) is 19.1 Å². The van der Waals surface area contributed by atoms with Crippen LogP contribution in [0.3, 0.4) is 0 Å². The van der Waals surface area contributed by atoms with Crippen LogP contribution in [0.1, 0.15) is 17.4 Å². The lowest BCUT2D eigenvalue weighted by molar-refractivity contribution is 0.0701. The molecule has 1 aromatic rings. The number of likely N-dealkylation sites (N-methyl/N-ethyl adjacent to an activating group) is 1. The molecule has 0 aliphatic rings. The number of carbonyl (C=O) groups excluding carboxylic acids is 1. The van der Waals surface area contributed by atoms with Crippen LogP contribution in [-0.2, 0) is 4.74 Å². The molecule has 0 saturated heterocycles. The molecule has 1 rings (SSSR count). The predicted octanol–water partition coefficient (Wildman–Crippen LogP) is 1.43. The molecule has 0 unspecified atom stereocenters. The molecule has 0 atom stereocenters. The maximum Gasteiger partial charge on any atom is 0.274 e. The molecule has 6 heteroatoms. The van der Waals surface area contributed by atoms with Gasteiger partial charge in [0.2, 0.25) is 0 Å². The van der Waals surface area contributed by atoms with E-state index in [0.29, 0.717) is 24.7 Å². The van der Waals surface area contributed by atoms with Gasteiger partial charge in [0.1, 0.15) is 11.5 Å². The summed E-state index contributed by atoms with van der Waals surface area (Å²) in [6.07, 6.45) is 0. The van der Waals surface area contributed by atoms with Gasteiger partial charge in [-0.25, -0.2) is 4.98 Å². The average Bonchev–Trinajstić information content (AvgIpc) is 2.33. The van der Waals surface area contributed by atoms with E-state index in [1.165, 1.54) is 0 Å². The number of nitrogens with zero attached hydrogens (tertiary/aromatic N) is 2. The fourth-order valence-electron chi connectivity index (χ4n) is 1.36. The van der Waals surface area contributed by atoms with Crippen molar-refractivity contribution in [3.63, 3.8) is 0 Å². The van der Waals surface area contributed by atoms with Crippen molar-refractivity contribution in [3.05, 3.63) is 22.8 Å². The van der Waals surface area contributed by atoms with E-state index in [0.717, 1.165) is 0 Å². The molecule has 0 aliphatic heterocycles. The van der Waals surface area contributed by atoms with Gasteiger partial charge >= 0.3 is 0 Å². The normalized spacial score (nSPS) is 10.3. The zero-order valence-electron chi connectivity index (χ0n) is 9.94. The molecular weight excluding hydrogens is 242 g/mol. The second kappa shape index (κ2) is 6.42. The molecule has 2 N–H and O–H groups in total. The second-order valence-electron chi connectivity index (χ2n) is 3.44. The lowest BCUT2D eigenvalue weighted by atomic mass is 10.3. The first-order chi connectivity index (χ1) is 8.10. The minimum atomic E-state index is -0.234. The molecule has 0 aromatic carbocycles. The maximum atomic E-state index is 12.1. The van der Waals surface area contributed by atoms with E-state index in [-0.39, 0.29) is 17.4 Å². The third kappa shape index (κ3) is 3.57. The molecule has 0 aliphatic carbocycles. The van der Waals surface area contributed by atoms with Gasteiger partial charge in [-0.3, -0.25) is 4.79 Å². The number of hydrogen-bond donors (Lipinski definition) is 1. The van der Waals surface area contributed by atoms with Gasteiger partial charge in [-0.1, -0.05) is 11.6 Å². The fourth-order valence-corrected chi connectivity index (χ4v) is 1.55. The molecule has 0 spiro atoms. The van der Waals surface area contributed by atoms with Gasteiger partial charge in [-0.2, -0.15) is 0 Å². The number of methoxy groups -OCH3 is 1. The van der Waals surface area contributed by atoms with Gasteiger partial charge in [0, 0.05) is 20.2 Å². The van der Waals surface area contributed by atoms with Crippen molar-refractivity contribution in [2.24, 2.45) is 0 Å². The number of pyridine rings is 1. The minimum Gasteiger partial charge on any atom is -0.384 e. The van der Waals surface area contributed by atoms with Crippen LogP contribution < -0.4 is 5.73 Å². The first-order valence-electron chi connectivity index (χ1n) is 5.30. The van der Waals surface area contributed by atoms with Gasteiger partial charge in [0.25, 0.3) is 5.91 Å². The van der Waals surface area contributed by atoms with Gasteiger partial charge < -0.3 is 15.4 Å². The number of anilines is 1. The Morgan fingerprint density at radius 2 is 2.29 bits per heavy atom. The molecule has 94 valence electrons. The van der Waals surface area contributed by atoms with Gasteiger partial charge in [0.15, 0.2) is 0 Å². The fraction of sp³-hybridized carbons (Fsp3) is 0.455. The highest BCUT2D eigenvalue weighted by molar-refractivity contribution is 6.33. The van der Waals surface area contributed by atoms with Crippen LogP contribution in [0.25, 0.3) is 0 Å². The Hall–Kier alpha value is -1.33. The van der Waals surface area contributed by atoms with Crippen molar-refractivity contribution in [1.82, 2.24) is 9.88 Å². The largest absolute Gasteiger partial charge is 0.384 e. The van der Waals surface area contributed by atoms with Crippen molar-refractivity contribution in [1.29, 1.82) is 0 Å². The highest BCUT2D eigenvalue weighted by atomic mass is 35.5. The third-order valence-corrected chi connectivity index (χ3v) is 2.61. The van der Waals surface area contributed by atoms with Crippen LogP contribution in [0, 0.1) is 0 Å². The van der Waals surface area contributed by atoms with E-state index >= 15 is 0 Å². The molecule has 0 fully saturated rings. The molecule has 1 heterocycles. The number of rotatable bonds is 5. The van der Waals surface area contributed by atoms with Crippen molar-refractivity contribution in [3.8, 4) is 0 Å². The first kappa shape index (κ1) is 13.7. The third-order valence-electron chi connectivity index (χ3n) is 2.30. The molecule has 17 heavy (non-hydrogen) atoms. The van der Waals surface area contributed by atoms with Crippen molar-refractivity contribution in [2.75, 3.05) is 32.5 Å². The summed E-state index contributed by atoms with van der Waals surface area (Å²) in [5.74, 6) is 0.0439. The summed E-state index contributed by atoms with van der Waals surface area (Å²) in [5, 5.41) is 0.306. The van der Waals surface area contributed by atoms with E-state index in [4.69, 9.17) is 22.1 Å². The van der Waals surface area contributed by atoms with Crippen LogP contribution in [0.4, 0.5) is 5.82 Å². The highest BCUT2D eigenvalue weighted by Crippen LogP contribution is 2.17. The van der Waals surface area contributed by atoms with Gasteiger partial charge in [0.05, 0.1) is 11.6 Å². The van der Waals surface area contributed by atoms with E-state index < -0.39 is 0 Å². The van der Waals surface area contributed by atoms with Gasteiger partial charge in [-0.15, -0.1) is 0 Å². The summed E-state index contributed by atoms with van der Waals surface area (Å²) in [7, 11) is 1.59. The van der Waals surface area contributed by atoms with E-state index in [2.05, 4.69) is 4.98 Å². The number of ether oxygens (including phenoxy) is 1.